The van der Waals surface area contributed by atoms with Crippen LogP contribution in [0.2, 0.25) is 10.0 Å². The topological polar surface area (TPSA) is 61.8 Å². The van der Waals surface area contributed by atoms with Crippen LogP contribution in [-0.4, -0.2) is 35.5 Å². The molecule has 1 amide bonds. The molecule has 2 aromatic rings. The van der Waals surface area contributed by atoms with E-state index in [-0.39, 0.29) is 18.2 Å². The van der Waals surface area contributed by atoms with Crippen molar-refractivity contribution in [3.8, 4) is 0 Å². The molecule has 0 saturated heterocycles. The van der Waals surface area contributed by atoms with Crippen LogP contribution in [0.4, 0.5) is 5.69 Å². The fraction of sp³-hybridized carbons (Fsp3) is 0.286. The lowest BCUT2D eigenvalue weighted by Crippen LogP contribution is -2.40. The van der Waals surface area contributed by atoms with Gasteiger partial charge in [-0.05, 0) is 48.9 Å². The fourth-order valence-corrected chi connectivity index (χ4v) is 3.56. The highest BCUT2D eigenvalue weighted by Crippen LogP contribution is 2.33. The lowest BCUT2D eigenvalue weighted by molar-refractivity contribution is -0.125. The number of ketones is 1. The maximum Gasteiger partial charge on any atom is 0.245 e. The molecule has 2 aromatic carbocycles. The summed E-state index contributed by atoms with van der Waals surface area (Å²) in [5, 5.41) is 10.3. The summed E-state index contributed by atoms with van der Waals surface area (Å²) < 4.78 is 0. The molecule has 3 rings (SSSR count). The molecule has 0 aliphatic carbocycles. The monoisotopic (exact) mass is 417 g/mol. The lowest BCUT2D eigenvalue weighted by Gasteiger charge is -2.24. The first-order valence-corrected chi connectivity index (χ1v) is 9.76. The van der Waals surface area contributed by atoms with Gasteiger partial charge in [-0.2, -0.15) is 5.10 Å². The van der Waals surface area contributed by atoms with Crippen molar-refractivity contribution in [1.82, 2.24) is 5.01 Å². The van der Waals surface area contributed by atoms with Crippen LogP contribution in [0.15, 0.2) is 53.6 Å². The first kappa shape index (κ1) is 20.4. The van der Waals surface area contributed by atoms with Crippen LogP contribution < -0.4 is 5.32 Å². The minimum atomic E-state index is -0.775. The molecule has 1 N–H and O–H groups in total. The van der Waals surface area contributed by atoms with Gasteiger partial charge in [-0.3, -0.25) is 14.6 Å². The average Bonchev–Trinajstić information content (AvgIpc) is 3.00. The number of amides is 1. The Morgan fingerprint density at radius 1 is 1.07 bits per heavy atom. The molecule has 0 bridgehead atoms. The van der Waals surface area contributed by atoms with E-state index in [4.69, 9.17) is 23.2 Å². The summed E-state index contributed by atoms with van der Waals surface area (Å²) in [5.74, 6) is -0.128. The van der Waals surface area contributed by atoms with E-state index in [0.717, 1.165) is 5.56 Å². The predicted molar refractivity (Wildman–Crippen MR) is 113 cm³/mol. The molecule has 7 heteroatoms. The minimum Gasteiger partial charge on any atom is -0.324 e. The maximum atomic E-state index is 12.7. The van der Waals surface area contributed by atoms with Crippen molar-refractivity contribution in [2.45, 2.75) is 20.3 Å². The molecule has 1 aliphatic rings. The zero-order chi connectivity index (χ0) is 20.3. The van der Waals surface area contributed by atoms with Gasteiger partial charge in [-0.25, -0.2) is 0 Å². The Morgan fingerprint density at radius 2 is 1.64 bits per heavy atom. The van der Waals surface area contributed by atoms with Crippen molar-refractivity contribution in [1.29, 1.82) is 0 Å². The van der Waals surface area contributed by atoms with Gasteiger partial charge in [-0.15, -0.1) is 0 Å². The van der Waals surface area contributed by atoms with Gasteiger partial charge in [-0.1, -0.05) is 42.3 Å². The lowest BCUT2D eigenvalue weighted by atomic mass is 9.77. The van der Waals surface area contributed by atoms with Crippen molar-refractivity contribution >= 4 is 46.3 Å². The number of nitrogens with zero attached hydrogens (tertiary/aromatic N) is 2. The zero-order valence-corrected chi connectivity index (χ0v) is 17.2. The molecular weight excluding hydrogens is 397 g/mol. The summed E-state index contributed by atoms with van der Waals surface area (Å²) in [6.07, 6.45) is 0.397. The van der Waals surface area contributed by atoms with Gasteiger partial charge in [0.05, 0.1) is 17.7 Å². The van der Waals surface area contributed by atoms with Crippen LogP contribution in [0.3, 0.4) is 0 Å². The number of carbonyl (C=O) groups is 2. The van der Waals surface area contributed by atoms with Crippen LogP contribution >= 0.6 is 23.2 Å². The van der Waals surface area contributed by atoms with Crippen molar-refractivity contribution in [3.05, 3.63) is 64.1 Å². The number of rotatable bonds is 6. The number of Topliss-reactive ketones (excluding diaryl/α,β-unsaturated/α-hetero) is 1. The summed E-state index contributed by atoms with van der Waals surface area (Å²) in [5.41, 5.74) is 1.37. The van der Waals surface area contributed by atoms with Crippen molar-refractivity contribution < 1.29 is 9.59 Å². The Bertz CT molecular complexity index is 910. The van der Waals surface area contributed by atoms with Gasteiger partial charge < -0.3 is 5.32 Å². The molecule has 146 valence electrons. The summed E-state index contributed by atoms with van der Waals surface area (Å²) in [6, 6.07) is 14.1. The van der Waals surface area contributed by atoms with Gasteiger partial charge >= 0.3 is 0 Å². The Kier molecular flexibility index (Phi) is 6.06. The Morgan fingerprint density at radius 3 is 2.21 bits per heavy atom. The summed E-state index contributed by atoms with van der Waals surface area (Å²) in [6.45, 7) is 4.12. The summed E-state index contributed by atoms with van der Waals surface area (Å²) in [4.78, 5) is 25.1. The highest BCUT2D eigenvalue weighted by atomic mass is 35.5. The highest BCUT2D eigenvalue weighted by molar-refractivity contribution is 6.31. The van der Waals surface area contributed by atoms with Gasteiger partial charge in [0.15, 0.2) is 0 Å². The Labute approximate surface area is 174 Å². The van der Waals surface area contributed by atoms with E-state index in [1.807, 2.05) is 26.0 Å². The van der Waals surface area contributed by atoms with Crippen LogP contribution in [0.1, 0.15) is 25.8 Å². The summed E-state index contributed by atoms with van der Waals surface area (Å²) in [7, 11) is 0. The van der Waals surface area contributed by atoms with E-state index in [1.165, 1.54) is 0 Å². The number of hydrazone groups is 1. The van der Waals surface area contributed by atoms with E-state index in [1.54, 1.807) is 41.4 Å². The third kappa shape index (κ3) is 4.37. The van der Waals surface area contributed by atoms with Gasteiger partial charge in [0.1, 0.15) is 12.3 Å². The van der Waals surface area contributed by atoms with Crippen molar-refractivity contribution in [2.24, 2.45) is 10.5 Å². The molecule has 5 nitrogen and oxygen atoms in total. The number of nitrogens with one attached hydrogen (secondary N) is 1. The second-order valence-electron chi connectivity index (χ2n) is 6.94. The molecule has 0 aromatic heterocycles. The summed E-state index contributed by atoms with van der Waals surface area (Å²) >= 11 is 11.9. The number of carbonyl (C=O) groups excluding carboxylic acids is 2. The maximum absolute atomic E-state index is 12.7. The number of benzene rings is 2. The molecule has 28 heavy (non-hydrogen) atoms. The van der Waals surface area contributed by atoms with E-state index in [2.05, 4.69) is 10.4 Å². The highest BCUT2D eigenvalue weighted by Gasteiger charge is 2.44. The average molecular weight is 418 g/mol. The third-order valence-corrected chi connectivity index (χ3v) is 5.28. The second-order valence-corrected chi connectivity index (χ2v) is 7.81. The standard InChI is InChI=1S/C21H21Cl2N3O2/c1-3-18(27)21(2)13-26(25-20(21)14-4-6-15(22)7-5-14)12-19(28)24-17-10-8-16(23)9-11-17/h4-11H,3,12-13H2,1-2H3,(H,24,28). The predicted octanol–water partition coefficient (Wildman–Crippen LogP) is 4.64. The number of anilines is 1. The van der Waals surface area contributed by atoms with E-state index < -0.39 is 5.41 Å². The number of hydrogen-bond acceptors (Lipinski definition) is 4. The van der Waals surface area contributed by atoms with E-state index in [9.17, 15) is 9.59 Å². The number of hydrogen-bond donors (Lipinski definition) is 1. The fourth-order valence-electron chi connectivity index (χ4n) is 3.31. The van der Waals surface area contributed by atoms with Gasteiger partial charge in [0, 0.05) is 22.2 Å². The van der Waals surface area contributed by atoms with Crippen LogP contribution in [-0.2, 0) is 9.59 Å². The Hall–Kier alpha value is -2.37. The van der Waals surface area contributed by atoms with Gasteiger partial charge in [0.25, 0.3) is 0 Å². The SMILES string of the molecule is CCC(=O)C1(C)CN(CC(=O)Nc2ccc(Cl)cc2)N=C1c1ccc(Cl)cc1. The second kappa shape index (κ2) is 8.33. The van der Waals surface area contributed by atoms with Crippen LogP contribution in [0.5, 0.6) is 0 Å². The molecule has 0 spiro atoms. The van der Waals surface area contributed by atoms with E-state index >= 15 is 0 Å². The van der Waals surface area contributed by atoms with Crippen LogP contribution in [0, 0.1) is 5.41 Å². The molecule has 0 saturated carbocycles. The van der Waals surface area contributed by atoms with Gasteiger partial charge in [0.2, 0.25) is 5.91 Å². The largest absolute Gasteiger partial charge is 0.324 e. The first-order valence-electron chi connectivity index (χ1n) is 9.00. The van der Waals surface area contributed by atoms with Crippen molar-refractivity contribution in [3.63, 3.8) is 0 Å². The molecule has 1 unspecified atom stereocenters. The molecule has 1 aliphatic heterocycles. The smallest absolute Gasteiger partial charge is 0.245 e. The van der Waals surface area contributed by atoms with E-state index in [0.29, 0.717) is 34.4 Å². The number of halogens is 2. The minimum absolute atomic E-state index is 0.0479. The zero-order valence-electron chi connectivity index (χ0n) is 15.7. The first-order chi connectivity index (χ1) is 13.3. The van der Waals surface area contributed by atoms with Crippen molar-refractivity contribution in [2.75, 3.05) is 18.4 Å². The van der Waals surface area contributed by atoms with Crippen LogP contribution in [0.25, 0.3) is 0 Å². The molecule has 0 radical (unpaired) electrons. The molecule has 0 fully saturated rings. The Balaban J connectivity index is 1.79. The normalized spacial score (nSPS) is 18.7. The molecule has 1 atom stereocenters. The molecule has 1 heterocycles. The molecular formula is C21H21Cl2N3O2. The quantitative estimate of drug-likeness (QED) is 0.744. The third-order valence-electron chi connectivity index (χ3n) is 4.77.